The van der Waals surface area contributed by atoms with Crippen molar-refractivity contribution in [2.75, 3.05) is 6.26 Å². The molecule has 1 aromatic rings. The molecule has 1 heterocycles. The van der Waals surface area contributed by atoms with Crippen molar-refractivity contribution in [3.8, 4) is 0 Å². The first-order valence-electron chi connectivity index (χ1n) is 2.93. The molecule has 0 aliphatic rings. The fourth-order valence-corrected chi connectivity index (χ4v) is 1.49. The zero-order valence-electron chi connectivity index (χ0n) is 5.67. The van der Waals surface area contributed by atoms with Gasteiger partial charge in [0.15, 0.2) is 0 Å². The Morgan fingerprint density at radius 3 is 3.10 bits per heavy atom. The van der Waals surface area contributed by atoms with Crippen LogP contribution in [0.1, 0.15) is 5.56 Å². The second kappa shape index (κ2) is 3.84. The molecule has 3 heteroatoms. The SMILES string of the molecule is CSCc1cccnc1Cl. The molecule has 0 N–H and O–H groups in total. The molecule has 0 saturated heterocycles. The second-order valence-electron chi connectivity index (χ2n) is 1.89. The summed E-state index contributed by atoms with van der Waals surface area (Å²) in [5.74, 6) is 0.937. The molecule has 1 nitrogen and oxygen atoms in total. The van der Waals surface area contributed by atoms with Crippen molar-refractivity contribution < 1.29 is 0 Å². The molecule has 0 amide bonds. The van der Waals surface area contributed by atoms with Gasteiger partial charge in [0.1, 0.15) is 5.15 Å². The normalized spacial score (nSPS) is 9.80. The Bertz CT molecular complexity index is 215. The molecule has 54 valence electrons. The maximum absolute atomic E-state index is 5.78. The van der Waals surface area contributed by atoms with Crippen molar-refractivity contribution in [1.29, 1.82) is 0 Å². The first-order valence-corrected chi connectivity index (χ1v) is 4.70. The predicted molar refractivity (Wildman–Crippen MR) is 46.5 cm³/mol. The average molecular weight is 174 g/mol. The van der Waals surface area contributed by atoms with E-state index in [-0.39, 0.29) is 0 Å². The lowest BCUT2D eigenvalue weighted by molar-refractivity contribution is 1.25. The number of hydrogen-bond acceptors (Lipinski definition) is 2. The lowest BCUT2D eigenvalue weighted by atomic mass is 10.3. The third-order valence-corrected chi connectivity index (χ3v) is 2.08. The van der Waals surface area contributed by atoms with E-state index in [1.54, 1.807) is 18.0 Å². The third kappa shape index (κ3) is 1.89. The fraction of sp³-hybridized carbons (Fsp3) is 0.286. The highest BCUT2D eigenvalue weighted by Crippen LogP contribution is 2.16. The van der Waals surface area contributed by atoms with E-state index in [0.717, 1.165) is 11.3 Å². The van der Waals surface area contributed by atoms with Crippen molar-refractivity contribution in [2.24, 2.45) is 0 Å². The molecule has 0 aliphatic carbocycles. The maximum atomic E-state index is 5.78. The molecule has 0 unspecified atom stereocenters. The van der Waals surface area contributed by atoms with Crippen LogP contribution in [0.3, 0.4) is 0 Å². The van der Waals surface area contributed by atoms with Crippen molar-refractivity contribution in [3.63, 3.8) is 0 Å². The molecule has 0 bridgehead atoms. The van der Waals surface area contributed by atoms with Crippen LogP contribution in [0.5, 0.6) is 0 Å². The summed E-state index contributed by atoms with van der Waals surface area (Å²) in [6.45, 7) is 0. The highest BCUT2D eigenvalue weighted by atomic mass is 35.5. The van der Waals surface area contributed by atoms with E-state index in [4.69, 9.17) is 11.6 Å². The van der Waals surface area contributed by atoms with E-state index >= 15 is 0 Å². The largest absolute Gasteiger partial charge is 0.244 e. The van der Waals surface area contributed by atoms with Crippen LogP contribution in [-0.4, -0.2) is 11.2 Å². The smallest absolute Gasteiger partial charge is 0.133 e. The topological polar surface area (TPSA) is 12.9 Å². The Hall–Kier alpha value is -0.210. The van der Waals surface area contributed by atoms with Gasteiger partial charge in [0.25, 0.3) is 0 Å². The van der Waals surface area contributed by atoms with Gasteiger partial charge >= 0.3 is 0 Å². The Labute approximate surface area is 69.8 Å². The van der Waals surface area contributed by atoms with E-state index in [1.807, 2.05) is 18.4 Å². The molecule has 0 fully saturated rings. The summed E-state index contributed by atoms with van der Waals surface area (Å²) in [4.78, 5) is 3.95. The molecule has 0 radical (unpaired) electrons. The van der Waals surface area contributed by atoms with Crippen LogP contribution in [0, 0.1) is 0 Å². The number of nitrogens with zero attached hydrogens (tertiary/aromatic N) is 1. The predicted octanol–water partition coefficient (Wildman–Crippen LogP) is 2.60. The summed E-state index contributed by atoms with van der Waals surface area (Å²) in [7, 11) is 0. The molecule has 0 aromatic carbocycles. The quantitative estimate of drug-likeness (QED) is 0.638. The number of pyridine rings is 1. The first-order chi connectivity index (χ1) is 4.84. The highest BCUT2D eigenvalue weighted by molar-refractivity contribution is 7.97. The molecule has 0 aliphatic heterocycles. The molecule has 1 rings (SSSR count). The Morgan fingerprint density at radius 1 is 1.70 bits per heavy atom. The van der Waals surface area contributed by atoms with E-state index in [1.165, 1.54) is 0 Å². The summed E-state index contributed by atoms with van der Waals surface area (Å²) < 4.78 is 0. The van der Waals surface area contributed by atoms with Crippen LogP contribution in [0.25, 0.3) is 0 Å². The summed E-state index contributed by atoms with van der Waals surface area (Å²) in [5.41, 5.74) is 1.11. The van der Waals surface area contributed by atoms with Gasteiger partial charge in [-0.1, -0.05) is 17.7 Å². The Balaban J connectivity index is 2.81. The number of thioether (sulfide) groups is 1. The van der Waals surface area contributed by atoms with Crippen molar-refractivity contribution in [3.05, 3.63) is 29.0 Å². The lowest BCUT2D eigenvalue weighted by Crippen LogP contribution is -1.83. The Morgan fingerprint density at radius 2 is 2.50 bits per heavy atom. The average Bonchev–Trinajstić information content (AvgIpc) is 1.94. The van der Waals surface area contributed by atoms with E-state index in [2.05, 4.69) is 4.98 Å². The van der Waals surface area contributed by atoms with Gasteiger partial charge in [0, 0.05) is 11.9 Å². The molecule has 0 atom stereocenters. The standard InChI is InChI=1S/C7H8ClNS/c1-10-5-6-3-2-4-9-7(6)8/h2-4H,5H2,1H3. The van der Waals surface area contributed by atoms with Crippen LogP contribution in [0.2, 0.25) is 5.15 Å². The summed E-state index contributed by atoms with van der Waals surface area (Å²) in [5, 5.41) is 0.622. The third-order valence-electron chi connectivity index (χ3n) is 1.14. The Kier molecular flexibility index (Phi) is 3.03. The second-order valence-corrected chi connectivity index (χ2v) is 3.11. The van der Waals surface area contributed by atoms with Crippen molar-refractivity contribution >= 4 is 23.4 Å². The number of hydrogen-bond donors (Lipinski definition) is 0. The zero-order valence-corrected chi connectivity index (χ0v) is 7.25. The fourth-order valence-electron chi connectivity index (χ4n) is 0.683. The molecule has 10 heavy (non-hydrogen) atoms. The maximum Gasteiger partial charge on any atom is 0.133 e. The number of rotatable bonds is 2. The van der Waals surface area contributed by atoms with E-state index in [9.17, 15) is 0 Å². The summed E-state index contributed by atoms with van der Waals surface area (Å²) >= 11 is 7.52. The van der Waals surface area contributed by atoms with Gasteiger partial charge in [-0.25, -0.2) is 4.98 Å². The zero-order chi connectivity index (χ0) is 7.40. The molecule has 1 aromatic heterocycles. The van der Waals surface area contributed by atoms with Crippen molar-refractivity contribution in [2.45, 2.75) is 5.75 Å². The van der Waals surface area contributed by atoms with Crippen LogP contribution in [0.4, 0.5) is 0 Å². The van der Waals surface area contributed by atoms with Crippen molar-refractivity contribution in [1.82, 2.24) is 4.98 Å². The van der Waals surface area contributed by atoms with Crippen LogP contribution < -0.4 is 0 Å². The summed E-state index contributed by atoms with van der Waals surface area (Å²) in [6.07, 6.45) is 3.75. The monoisotopic (exact) mass is 173 g/mol. The van der Waals surface area contributed by atoms with Gasteiger partial charge in [-0.05, 0) is 17.9 Å². The first kappa shape index (κ1) is 7.89. The minimum atomic E-state index is 0.622. The van der Waals surface area contributed by atoms with Gasteiger partial charge in [0.05, 0.1) is 0 Å². The van der Waals surface area contributed by atoms with Gasteiger partial charge in [-0.2, -0.15) is 11.8 Å². The van der Waals surface area contributed by atoms with Gasteiger partial charge in [0.2, 0.25) is 0 Å². The number of aromatic nitrogens is 1. The molecular weight excluding hydrogens is 166 g/mol. The number of halogens is 1. The lowest BCUT2D eigenvalue weighted by Gasteiger charge is -1.97. The van der Waals surface area contributed by atoms with Gasteiger partial charge < -0.3 is 0 Å². The van der Waals surface area contributed by atoms with Gasteiger partial charge in [-0.3, -0.25) is 0 Å². The molecular formula is C7H8ClNS. The molecule has 0 spiro atoms. The van der Waals surface area contributed by atoms with Crippen LogP contribution in [-0.2, 0) is 5.75 Å². The van der Waals surface area contributed by atoms with E-state index < -0.39 is 0 Å². The minimum Gasteiger partial charge on any atom is -0.244 e. The highest BCUT2D eigenvalue weighted by Gasteiger charge is 1.96. The van der Waals surface area contributed by atoms with Gasteiger partial charge in [-0.15, -0.1) is 0 Å². The van der Waals surface area contributed by atoms with Crippen LogP contribution >= 0.6 is 23.4 Å². The minimum absolute atomic E-state index is 0.622. The summed E-state index contributed by atoms with van der Waals surface area (Å²) in [6, 6.07) is 3.89. The molecule has 0 saturated carbocycles. The van der Waals surface area contributed by atoms with Crippen LogP contribution in [0.15, 0.2) is 18.3 Å². The van der Waals surface area contributed by atoms with E-state index in [0.29, 0.717) is 5.15 Å².